The minimum atomic E-state index is -0.485. The molecule has 1 fully saturated rings. The Labute approximate surface area is 153 Å². The Morgan fingerprint density at radius 2 is 2.15 bits per heavy atom. The molecule has 2 aromatic rings. The van der Waals surface area contributed by atoms with E-state index in [1.165, 1.54) is 19.5 Å². The van der Waals surface area contributed by atoms with Gasteiger partial charge in [0.05, 0.1) is 11.6 Å². The second kappa shape index (κ2) is 8.08. The summed E-state index contributed by atoms with van der Waals surface area (Å²) in [6.45, 7) is 5.49. The van der Waals surface area contributed by atoms with Gasteiger partial charge < -0.3 is 10.2 Å². The number of pyridine rings is 2. The highest BCUT2D eigenvalue weighted by atomic mass is 16.2. The van der Waals surface area contributed by atoms with Crippen molar-refractivity contribution in [1.29, 1.82) is 0 Å². The zero-order valence-electron chi connectivity index (χ0n) is 15.2. The van der Waals surface area contributed by atoms with Gasteiger partial charge in [-0.1, -0.05) is 12.2 Å². The SMILES string of the molecule is C/C=C\CC[C@H](NC(=O)c1cnc2nc(N3CCC3)ccc2c1)C(C)=O. The zero-order chi connectivity index (χ0) is 18.5. The molecule has 1 saturated heterocycles. The number of nitrogens with zero attached hydrogens (tertiary/aromatic N) is 3. The molecule has 0 aliphatic carbocycles. The average molecular weight is 352 g/mol. The van der Waals surface area contributed by atoms with Gasteiger partial charge in [0, 0.05) is 24.7 Å². The fourth-order valence-corrected chi connectivity index (χ4v) is 2.89. The molecule has 0 aromatic carbocycles. The number of fused-ring (bicyclic) bond motifs is 1. The number of Topliss-reactive ketones (excluding diaryl/α,β-unsaturated/α-hetero) is 1. The maximum atomic E-state index is 12.5. The lowest BCUT2D eigenvalue weighted by Crippen LogP contribution is -2.39. The van der Waals surface area contributed by atoms with E-state index < -0.39 is 6.04 Å². The summed E-state index contributed by atoms with van der Waals surface area (Å²) < 4.78 is 0. The summed E-state index contributed by atoms with van der Waals surface area (Å²) in [6.07, 6.45) is 7.98. The van der Waals surface area contributed by atoms with Crippen molar-refractivity contribution in [2.45, 2.75) is 39.2 Å². The second-order valence-corrected chi connectivity index (χ2v) is 6.56. The van der Waals surface area contributed by atoms with Gasteiger partial charge in [0.15, 0.2) is 11.4 Å². The monoisotopic (exact) mass is 352 g/mol. The van der Waals surface area contributed by atoms with E-state index in [4.69, 9.17) is 0 Å². The first-order valence-electron chi connectivity index (χ1n) is 9.02. The Kier molecular flexibility index (Phi) is 5.61. The number of carbonyl (C=O) groups is 2. The Morgan fingerprint density at radius 1 is 1.35 bits per heavy atom. The molecule has 136 valence electrons. The van der Waals surface area contributed by atoms with Crippen molar-refractivity contribution in [2.24, 2.45) is 0 Å². The smallest absolute Gasteiger partial charge is 0.253 e. The van der Waals surface area contributed by atoms with Gasteiger partial charge in [-0.2, -0.15) is 0 Å². The number of aromatic nitrogens is 2. The van der Waals surface area contributed by atoms with Gasteiger partial charge in [-0.3, -0.25) is 9.59 Å². The third-order valence-electron chi connectivity index (χ3n) is 4.62. The molecule has 0 radical (unpaired) electrons. The van der Waals surface area contributed by atoms with Crippen LogP contribution in [0.15, 0.2) is 36.5 Å². The number of hydrogen-bond acceptors (Lipinski definition) is 5. The van der Waals surface area contributed by atoms with E-state index in [-0.39, 0.29) is 11.7 Å². The van der Waals surface area contributed by atoms with E-state index in [0.717, 1.165) is 30.7 Å². The molecule has 2 aromatic heterocycles. The molecule has 3 heterocycles. The van der Waals surface area contributed by atoms with E-state index >= 15 is 0 Å². The topological polar surface area (TPSA) is 75.2 Å². The number of amides is 1. The van der Waals surface area contributed by atoms with E-state index in [1.54, 1.807) is 6.07 Å². The molecule has 0 unspecified atom stereocenters. The minimum Gasteiger partial charge on any atom is -0.356 e. The molecule has 6 nitrogen and oxygen atoms in total. The first kappa shape index (κ1) is 18.0. The number of rotatable bonds is 7. The third-order valence-corrected chi connectivity index (χ3v) is 4.62. The van der Waals surface area contributed by atoms with Crippen molar-refractivity contribution < 1.29 is 9.59 Å². The summed E-state index contributed by atoms with van der Waals surface area (Å²) >= 11 is 0. The van der Waals surface area contributed by atoms with E-state index in [1.807, 2.05) is 31.2 Å². The molecule has 1 aliphatic heterocycles. The lowest BCUT2D eigenvalue weighted by molar-refractivity contribution is -0.118. The molecule has 3 rings (SSSR count). The van der Waals surface area contributed by atoms with Gasteiger partial charge in [-0.15, -0.1) is 0 Å². The Hall–Kier alpha value is -2.76. The van der Waals surface area contributed by atoms with Gasteiger partial charge in [-0.05, 0) is 51.3 Å². The molecule has 0 spiro atoms. The van der Waals surface area contributed by atoms with Crippen LogP contribution >= 0.6 is 0 Å². The Bertz CT molecular complexity index is 843. The highest BCUT2D eigenvalue weighted by Gasteiger charge is 2.19. The molecule has 1 atom stereocenters. The summed E-state index contributed by atoms with van der Waals surface area (Å²) in [5.41, 5.74) is 1.07. The van der Waals surface area contributed by atoms with E-state index in [0.29, 0.717) is 17.6 Å². The standard InChI is InChI=1S/C20H24N4O2/c1-3-4-5-7-17(14(2)25)22-20(26)16-12-15-8-9-18(24-10-6-11-24)23-19(15)21-13-16/h3-4,8-9,12-13,17H,5-7,10-11H2,1-2H3,(H,22,26)/b4-3-/t17-/m0/s1. The van der Waals surface area contributed by atoms with Crippen molar-refractivity contribution >= 4 is 28.5 Å². The quantitative estimate of drug-likeness (QED) is 0.776. The fraction of sp³-hybridized carbons (Fsp3) is 0.400. The van der Waals surface area contributed by atoms with Gasteiger partial charge in [-0.25, -0.2) is 9.97 Å². The van der Waals surface area contributed by atoms with Gasteiger partial charge in [0.25, 0.3) is 5.91 Å². The van der Waals surface area contributed by atoms with Crippen molar-refractivity contribution in [2.75, 3.05) is 18.0 Å². The first-order valence-corrected chi connectivity index (χ1v) is 9.02. The maximum absolute atomic E-state index is 12.5. The van der Waals surface area contributed by atoms with Crippen LogP contribution in [0.2, 0.25) is 0 Å². The molecular weight excluding hydrogens is 328 g/mol. The Balaban J connectivity index is 1.73. The normalized spacial score (nSPS) is 15.1. The fourth-order valence-electron chi connectivity index (χ4n) is 2.89. The van der Waals surface area contributed by atoms with Crippen molar-refractivity contribution in [1.82, 2.24) is 15.3 Å². The molecule has 1 amide bonds. The molecule has 1 aliphatic rings. The third kappa shape index (κ3) is 4.07. The van der Waals surface area contributed by atoms with Gasteiger partial charge in [0.2, 0.25) is 0 Å². The van der Waals surface area contributed by atoms with Crippen LogP contribution in [0.5, 0.6) is 0 Å². The molecule has 0 bridgehead atoms. The van der Waals surface area contributed by atoms with Crippen LogP contribution in [0, 0.1) is 0 Å². The lowest BCUT2D eigenvalue weighted by Gasteiger charge is -2.31. The van der Waals surface area contributed by atoms with Crippen molar-refractivity contribution in [3.05, 3.63) is 42.1 Å². The lowest BCUT2D eigenvalue weighted by atomic mass is 10.1. The molecule has 0 saturated carbocycles. The van der Waals surface area contributed by atoms with Crippen LogP contribution in [-0.2, 0) is 4.79 Å². The number of nitrogens with one attached hydrogen (secondary N) is 1. The maximum Gasteiger partial charge on any atom is 0.253 e. The predicted octanol–water partition coefficient (Wildman–Crippen LogP) is 2.88. The molecule has 1 N–H and O–H groups in total. The summed E-state index contributed by atoms with van der Waals surface area (Å²) in [7, 11) is 0. The zero-order valence-corrected chi connectivity index (χ0v) is 15.2. The van der Waals surface area contributed by atoms with E-state index in [2.05, 4.69) is 20.2 Å². The van der Waals surface area contributed by atoms with Gasteiger partial charge in [0.1, 0.15) is 5.82 Å². The number of anilines is 1. The molecule has 6 heteroatoms. The van der Waals surface area contributed by atoms with Crippen LogP contribution in [0.4, 0.5) is 5.82 Å². The highest BCUT2D eigenvalue weighted by Crippen LogP contribution is 2.21. The summed E-state index contributed by atoms with van der Waals surface area (Å²) in [6, 6.07) is 5.18. The van der Waals surface area contributed by atoms with E-state index in [9.17, 15) is 9.59 Å². The number of hydrogen-bond donors (Lipinski definition) is 1. The van der Waals surface area contributed by atoms with Crippen LogP contribution in [0.25, 0.3) is 11.0 Å². The number of allylic oxidation sites excluding steroid dienone is 2. The highest BCUT2D eigenvalue weighted by molar-refractivity contribution is 5.99. The predicted molar refractivity (Wildman–Crippen MR) is 102 cm³/mol. The number of carbonyl (C=O) groups excluding carboxylic acids is 2. The van der Waals surface area contributed by atoms with Crippen LogP contribution in [0.1, 0.15) is 43.5 Å². The van der Waals surface area contributed by atoms with Gasteiger partial charge >= 0.3 is 0 Å². The summed E-state index contributed by atoms with van der Waals surface area (Å²) in [4.78, 5) is 35.4. The number of ketones is 1. The van der Waals surface area contributed by atoms with Crippen molar-refractivity contribution in [3.8, 4) is 0 Å². The van der Waals surface area contributed by atoms with Crippen LogP contribution in [-0.4, -0.2) is 40.8 Å². The minimum absolute atomic E-state index is 0.0440. The summed E-state index contributed by atoms with van der Waals surface area (Å²) in [5.74, 6) is 0.596. The molecule has 26 heavy (non-hydrogen) atoms. The molecular formula is C20H24N4O2. The summed E-state index contributed by atoms with van der Waals surface area (Å²) in [5, 5.41) is 3.63. The largest absolute Gasteiger partial charge is 0.356 e. The average Bonchev–Trinajstić information content (AvgIpc) is 2.58. The second-order valence-electron chi connectivity index (χ2n) is 6.56. The first-order chi connectivity index (χ1) is 12.6. The van der Waals surface area contributed by atoms with Crippen molar-refractivity contribution in [3.63, 3.8) is 0 Å². The van der Waals surface area contributed by atoms with Crippen LogP contribution < -0.4 is 10.2 Å². The Morgan fingerprint density at radius 3 is 2.81 bits per heavy atom. The van der Waals surface area contributed by atoms with Crippen LogP contribution in [0.3, 0.4) is 0 Å².